The van der Waals surface area contributed by atoms with Crippen LogP contribution in [-0.2, 0) is 4.79 Å². The van der Waals surface area contributed by atoms with Crippen molar-refractivity contribution >= 4 is 17.5 Å². The first-order chi connectivity index (χ1) is 8.63. The molecule has 4 heteroatoms. The van der Waals surface area contributed by atoms with Crippen LogP contribution in [0.2, 0.25) is 0 Å². The lowest BCUT2D eigenvalue weighted by molar-refractivity contribution is -0.120. The van der Waals surface area contributed by atoms with Crippen LogP contribution < -0.4 is 11.1 Å². The third-order valence-corrected chi connectivity index (χ3v) is 4.03. The van der Waals surface area contributed by atoms with Crippen LogP contribution >= 0.6 is 0 Å². The van der Waals surface area contributed by atoms with E-state index in [0.29, 0.717) is 11.3 Å². The second-order valence-corrected chi connectivity index (χ2v) is 5.36. The Morgan fingerprint density at radius 2 is 1.89 bits per heavy atom. The summed E-state index contributed by atoms with van der Waals surface area (Å²) in [7, 11) is 0. The van der Waals surface area contributed by atoms with Crippen molar-refractivity contribution in [2.75, 3.05) is 5.32 Å². The lowest BCUT2D eigenvalue weighted by atomic mass is 10.0. The number of rotatable bonds is 3. The van der Waals surface area contributed by atoms with E-state index >= 15 is 0 Å². The lowest BCUT2D eigenvalue weighted by Gasteiger charge is -2.12. The number of primary amides is 1. The predicted octanol–water partition coefficient (Wildman–Crippen LogP) is 1.77. The summed E-state index contributed by atoms with van der Waals surface area (Å²) in [6.45, 7) is 0. The molecule has 1 aromatic rings. The van der Waals surface area contributed by atoms with E-state index in [1.54, 1.807) is 24.3 Å². The average Bonchev–Trinajstić information content (AvgIpc) is 2.96. The molecular formula is C14H16N2O2. The molecule has 2 atom stereocenters. The summed E-state index contributed by atoms with van der Waals surface area (Å²) in [4.78, 5) is 23.1. The van der Waals surface area contributed by atoms with Crippen LogP contribution in [-0.4, -0.2) is 11.8 Å². The Bertz CT molecular complexity index is 502. The second-order valence-electron chi connectivity index (χ2n) is 5.36. The molecule has 0 saturated heterocycles. The third kappa shape index (κ3) is 2.10. The van der Waals surface area contributed by atoms with Gasteiger partial charge in [0.2, 0.25) is 11.8 Å². The molecule has 0 aromatic heterocycles. The van der Waals surface area contributed by atoms with Crippen LogP contribution in [0, 0.1) is 17.8 Å². The minimum absolute atomic E-state index is 0.0730. The molecule has 2 fully saturated rings. The van der Waals surface area contributed by atoms with Gasteiger partial charge in [-0.15, -0.1) is 0 Å². The van der Waals surface area contributed by atoms with Crippen molar-refractivity contribution in [3.63, 3.8) is 0 Å². The standard InChI is InChI=1S/C14H16N2O2/c15-13(17)8-2-1-3-12(7-8)16-14(18)11-5-9-4-10(9)6-11/h1-3,7,9-11H,4-6H2,(H2,15,17)(H,16,18). The van der Waals surface area contributed by atoms with Gasteiger partial charge in [-0.3, -0.25) is 9.59 Å². The van der Waals surface area contributed by atoms with Crippen molar-refractivity contribution in [1.82, 2.24) is 0 Å². The highest BCUT2D eigenvalue weighted by Gasteiger charge is 2.47. The van der Waals surface area contributed by atoms with Gasteiger partial charge >= 0.3 is 0 Å². The fraction of sp³-hybridized carbons (Fsp3) is 0.429. The smallest absolute Gasteiger partial charge is 0.248 e. The van der Waals surface area contributed by atoms with Crippen LogP contribution in [0.3, 0.4) is 0 Å². The molecular weight excluding hydrogens is 228 g/mol. The number of hydrogen-bond donors (Lipinski definition) is 2. The Hall–Kier alpha value is -1.84. The van der Waals surface area contributed by atoms with Crippen molar-refractivity contribution in [3.05, 3.63) is 29.8 Å². The van der Waals surface area contributed by atoms with E-state index in [0.717, 1.165) is 24.7 Å². The van der Waals surface area contributed by atoms with Crippen molar-refractivity contribution in [1.29, 1.82) is 0 Å². The number of amides is 2. The maximum absolute atomic E-state index is 12.0. The molecule has 0 heterocycles. The first-order valence-corrected chi connectivity index (χ1v) is 6.34. The number of nitrogens with one attached hydrogen (secondary N) is 1. The molecule has 3 rings (SSSR count). The van der Waals surface area contributed by atoms with Gasteiger partial charge in [0.05, 0.1) is 0 Å². The van der Waals surface area contributed by atoms with Crippen molar-refractivity contribution < 1.29 is 9.59 Å². The van der Waals surface area contributed by atoms with Gasteiger partial charge in [0.25, 0.3) is 0 Å². The van der Waals surface area contributed by atoms with Crippen LogP contribution in [0.5, 0.6) is 0 Å². The molecule has 0 spiro atoms. The SMILES string of the molecule is NC(=O)c1cccc(NC(=O)C2CC3CC3C2)c1. The number of carbonyl (C=O) groups excluding carboxylic acids is 2. The Morgan fingerprint density at radius 3 is 2.56 bits per heavy atom. The second kappa shape index (κ2) is 4.12. The summed E-state index contributed by atoms with van der Waals surface area (Å²) in [5, 5.41) is 2.87. The third-order valence-electron chi connectivity index (χ3n) is 4.03. The summed E-state index contributed by atoms with van der Waals surface area (Å²) < 4.78 is 0. The van der Waals surface area contributed by atoms with Crippen LogP contribution in [0.25, 0.3) is 0 Å². The largest absolute Gasteiger partial charge is 0.366 e. The highest BCUT2D eigenvalue weighted by molar-refractivity contribution is 5.97. The topological polar surface area (TPSA) is 72.2 Å². The summed E-state index contributed by atoms with van der Waals surface area (Å²) in [6, 6.07) is 6.76. The first-order valence-electron chi connectivity index (χ1n) is 6.34. The van der Waals surface area contributed by atoms with Gasteiger partial charge in [0, 0.05) is 17.2 Å². The number of carbonyl (C=O) groups is 2. The van der Waals surface area contributed by atoms with Gasteiger partial charge in [-0.25, -0.2) is 0 Å². The molecule has 18 heavy (non-hydrogen) atoms. The van der Waals surface area contributed by atoms with E-state index in [9.17, 15) is 9.59 Å². The maximum Gasteiger partial charge on any atom is 0.248 e. The molecule has 0 radical (unpaired) electrons. The Kier molecular flexibility index (Phi) is 2.58. The molecule has 94 valence electrons. The Labute approximate surface area is 106 Å². The first kappa shape index (κ1) is 11.3. The van der Waals surface area contributed by atoms with E-state index in [-0.39, 0.29) is 11.8 Å². The lowest BCUT2D eigenvalue weighted by Crippen LogP contribution is -2.22. The highest BCUT2D eigenvalue weighted by atomic mass is 16.2. The van der Waals surface area contributed by atoms with Gasteiger partial charge in [-0.2, -0.15) is 0 Å². The zero-order valence-corrected chi connectivity index (χ0v) is 10.1. The molecule has 0 aliphatic heterocycles. The zero-order chi connectivity index (χ0) is 12.7. The molecule has 2 aliphatic rings. The number of benzene rings is 1. The zero-order valence-electron chi connectivity index (χ0n) is 10.1. The molecule has 0 bridgehead atoms. The minimum atomic E-state index is -0.479. The van der Waals surface area contributed by atoms with Crippen LogP contribution in [0.4, 0.5) is 5.69 Å². The molecule has 1 aromatic carbocycles. The summed E-state index contributed by atoms with van der Waals surface area (Å²) in [5.41, 5.74) is 6.28. The number of fused-ring (bicyclic) bond motifs is 1. The molecule has 2 aliphatic carbocycles. The molecule has 2 unspecified atom stereocenters. The van der Waals surface area contributed by atoms with Crippen LogP contribution in [0.1, 0.15) is 29.6 Å². The molecule has 3 N–H and O–H groups in total. The van der Waals surface area contributed by atoms with Gasteiger partial charge < -0.3 is 11.1 Å². The van der Waals surface area contributed by atoms with Crippen molar-refractivity contribution in [2.24, 2.45) is 23.5 Å². The fourth-order valence-electron chi connectivity index (χ4n) is 2.92. The van der Waals surface area contributed by atoms with Gasteiger partial charge in [-0.05, 0) is 49.3 Å². The van der Waals surface area contributed by atoms with Gasteiger partial charge in [-0.1, -0.05) is 6.07 Å². The molecule has 2 saturated carbocycles. The minimum Gasteiger partial charge on any atom is -0.366 e. The normalized spacial score (nSPS) is 28.6. The Morgan fingerprint density at radius 1 is 1.17 bits per heavy atom. The molecule has 4 nitrogen and oxygen atoms in total. The predicted molar refractivity (Wildman–Crippen MR) is 67.9 cm³/mol. The molecule has 2 amide bonds. The van der Waals surface area contributed by atoms with E-state index in [2.05, 4.69) is 5.32 Å². The van der Waals surface area contributed by atoms with Crippen molar-refractivity contribution in [3.8, 4) is 0 Å². The number of hydrogen-bond acceptors (Lipinski definition) is 2. The van der Waals surface area contributed by atoms with Gasteiger partial charge in [0.15, 0.2) is 0 Å². The number of nitrogens with two attached hydrogens (primary N) is 1. The van der Waals surface area contributed by atoms with Gasteiger partial charge in [0.1, 0.15) is 0 Å². The van der Waals surface area contributed by atoms with E-state index in [1.165, 1.54) is 6.42 Å². The fourth-order valence-corrected chi connectivity index (χ4v) is 2.92. The Balaban J connectivity index is 1.66. The summed E-state index contributed by atoms with van der Waals surface area (Å²) >= 11 is 0. The van der Waals surface area contributed by atoms with Crippen molar-refractivity contribution in [2.45, 2.75) is 19.3 Å². The van der Waals surface area contributed by atoms with E-state index < -0.39 is 5.91 Å². The van der Waals surface area contributed by atoms with E-state index in [4.69, 9.17) is 5.73 Å². The average molecular weight is 244 g/mol. The number of anilines is 1. The monoisotopic (exact) mass is 244 g/mol. The maximum atomic E-state index is 12.0. The van der Waals surface area contributed by atoms with E-state index in [1.807, 2.05) is 0 Å². The highest BCUT2D eigenvalue weighted by Crippen LogP contribution is 2.54. The van der Waals surface area contributed by atoms with Crippen LogP contribution in [0.15, 0.2) is 24.3 Å². The summed E-state index contributed by atoms with van der Waals surface area (Å²) in [5.74, 6) is 1.32. The summed E-state index contributed by atoms with van der Waals surface area (Å²) in [6.07, 6.45) is 3.35. The quantitative estimate of drug-likeness (QED) is 0.850.